The summed E-state index contributed by atoms with van der Waals surface area (Å²) in [5.41, 5.74) is 0.544. The van der Waals surface area contributed by atoms with Gasteiger partial charge >= 0.3 is 6.09 Å². The first-order valence-corrected chi connectivity index (χ1v) is 8.76. The molecule has 1 amide bonds. The third-order valence-corrected chi connectivity index (χ3v) is 3.34. The van der Waals surface area contributed by atoms with Crippen molar-refractivity contribution < 1.29 is 19.0 Å². The van der Waals surface area contributed by atoms with E-state index >= 15 is 0 Å². The average molecular weight is 357 g/mol. The quantitative estimate of drug-likeness (QED) is 0.706. The van der Waals surface area contributed by atoms with Crippen molar-refractivity contribution in [1.82, 2.24) is 5.32 Å². The van der Waals surface area contributed by atoms with Gasteiger partial charge in [-0.05, 0) is 38.5 Å². The first-order valence-electron chi connectivity index (χ1n) is 8.76. The maximum Gasteiger partial charge on any atom is 0.407 e. The Morgan fingerprint density at radius 1 is 1.00 bits per heavy atom. The minimum atomic E-state index is -0.520. The fourth-order valence-electron chi connectivity index (χ4n) is 2.20. The zero-order valence-corrected chi connectivity index (χ0v) is 15.6. The lowest BCUT2D eigenvalue weighted by molar-refractivity contribution is -0.0927. The van der Waals surface area contributed by atoms with Crippen LogP contribution in [0, 0.1) is 0 Å². The molecule has 2 rings (SSSR count). The van der Waals surface area contributed by atoms with Gasteiger partial charge in [-0.15, -0.1) is 0 Å². The summed E-state index contributed by atoms with van der Waals surface area (Å²) in [6.07, 6.45) is -0.424. The molecule has 1 unspecified atom stereocenters. The Labute approximate surface area is 155 Å². The van der Waals surface area contributed by atoms with Crippen LogP contribution in [-0.4, -0.2) is 24.5 Å². The number of hydrogen-bond donors (Lipinski definition) is 1. The highest BCUT2D eigenvalue weighted by Crippen LogP contribution is 2.15. The van der Waals surface area contributed by atoms with E-state index in [1.54, 1.807) is 0 Å². The molecule has 140 valence electrons. The van der Waals surface area contributed by atoms with Gasteiger partial charge in [0.25, 0.3) is 0 Å². The van der Waals surface area contributed by atoms with Gasteiger partial charge < -0.3 is 19.5 Å². The molecule has 26 heavy (non-hydrogen) atoms. The molecule has 2 aromatic carbocycles. The van der Waals surface area contributed by atoms with Crippen molar-refractivity contribution in [3.63, 3.8) is 0 Å². The Bertz CT molecular complexity index is 653. The molecule has 0 saturated carbocycles. The van der Waals surface area contributed by atoms with Crippen LogP contribution in [0.25, 0.3) is 0 Å². The van der Waals surface area contributed by atoms with E-state index in [9.17, 15) is 4.79 Å². The second-order valence-electron chi connectivity index (χ2n) is 6.87. The van der Waals surface area contributed by atoms with Crippen molar-refractivity contribution in [2.24, 2.45) is 0 Å². The van der Waals surface area contributed by atoms with E-state index in [4.69, 9.17) is 14.2 Å². The molecule has 0 aliphatic rings. The van der Waals surface area contributed by atoms with Gasteiger partial charge in [-0.2, -0.15) is 0 Å². The Hall–Kier alpha value is -2.53. The van der Waals surface area contributed by atoms with Gasteiger partial charge in [0.2, 0.25) is 6.29 Å². The Balaban J connectivity index is 1.86. The van der Waals surface area contributed by atoms with E-state index in [1.807, 2.05) is 81.4 Å². The van der Waals surface area contributed by atoms with E-state index in [2.05, 4.69) is 5.32 Å². The van der Waals surface area contributed by atoms with Gasteiger partial charge in [0.15, 0.2) is 0 Å². The Kier molecular flexibility index (Phi) is 7.48. The number of hydrogen-bond acceptors (Lipinski definition) is 4. The number of para-hydroxylation sites is 1. The smallest absolute Gasteiger partial charge is 0.407 e. The van der Waals surface area contributed by atoms with Crippen molar-refractivity contribution in [1.29, 1.82) is 0 Å². The largest absolute Gasteiger partial charge is 0.465 e. The fourth-order valence-corrected chi connectivity index (χ4v) is 2.20. The molecule has 0 aromatic heterocycles. The summed E-state index contributed by atoms with van der Waals surface area (Å²) in [6, 6.07) is 19.4. The summed E-state index contributed by atoms with van der Waals surface area (Å²) in [6.45, 7) is 6.32. The van der Waals surface area contributed by atoms with Gasteiger partial charge in [0.05, 0.1) is 6.61 Å². The molecule has 5 heteroatoms. The fraction of sp³-hybridized carbons (Fsp3) is 0.381. The molecule has 0 bridgehead atoms. The summed E-state index contributed by atoms with van der Waals surface area (Å²) in [5.74, 6) is 0.725. The molecule has 0 aliphatic carbocycles. The molecule has 2 aromatic rings. The molecule has 5 nitrogen and oxygen atoms in total. The molecular formula is C21H27NO4. The lowest BCUT2D eigenvalue weighted by Gasteiger charge is -2.22. The van der Waals surface area contributed by atoms with Gasteiger partial charge in [0, 0.05) is 13.0 Å². The summed E-state index contributed by atoms with van der Waals surface area (Å²) in [7, 11) is 0. The molecule has 0 radical (unpaired) electrons. The first-order chi connectivity index (χ1) is 12.4. The van der Waals surface area contributed by atoms with Crippen molar-refractivity contribution >= 4 is 6.09 Å². The second kappa shape index (κ2) is 9.82. The third kappa shape index (κ3) is 8.03. The van der Waals surface area contributed by atoms with E-state index < -0.39 is 18.0 Å². The standard InChI is InChI=1S/C21H27NO4/c1-21(2,3)26-20(23)22-15-14-19(25-18-12-8-5-9-13-18)24-16-17-10-6-4-7-11-17/h4-13,19H,14-16H2,1-3H3,(H,22,23). The third-order valence-electron chi connectivity index (χ3n) is 3.34. The summed E-state index contributed by atoms with van der Waals surface area (Å²) < 4.78 is 17.0. The van der Waals surface area contributed by atoms with E-state index in [0.29, 0.717) is 19.6 Å². The van der Waals surface area contributed by atoms with Crippen molar-refractivity contribution in [3.05, 3.63) is 66.2 Å². The van der Waals surface area contributed by atoms with E-state index in [0.717, 1.165) is 11.3 Å². The van der Waals surface area contributed by atoms with Crippen molar-refractivity contribution in [3.8, 4) is 5.75 Å². The minimum absolute atomic E-state index is 0.390. The van der Waals surface area contributed by atoms with Gasteiger partial charge in [-0.1, -0.05) is 48.5 Å². The molecule has 0 fully saturated rings. The normalized spacial score (nSPS) is 12.3. The lowest BCUT2D eigenvalue weighted by Crippen LogP contribution is -2.35. The number of amides is 1. The predicted octanol–water partition coefficient (Wildman–Crippen LogP) is 4.52. The van der Waals surface area contributed by atoms with Crippen molar-refractivity contribution in [2.75, 3.05) is 6.54 Å². The van der Waals surface area contributed by atoms with Gasteiger partial charge in [-0.25, -0.2) is 4.79 Å². The SMILES string of the molecule is CC(C)(C)OC(=O)NCCC(OCc1ccccc1)Oc1ccccc1. The predicted molar refractivity (Wildman–Crippen MR) is 101 cm³/mol. The number of benzene rings is 2. The summed E-state index contributed by atoms with van der Waals surface area (Å²) >= 11 is 0. The van der Waals surface area contributed by atoms with Crippen LogP contribution in [0.4, 0.5) is 4.79 Å². The number of nitrogens with one attached hydrogen (secondary N) is 1. The molecule has 1 atom stereocenters. The van der Waals surface area contributed by atoms with Gasteiger partial charge in [-0.3, -0.25) is 0 Å². The molecular weight excluding hydrogens is 330 g/mol. The highest BCUT2D eigenvalue weighted by atomic mass is 16.7. The highest BCUT2D eigenvalue weighted by molar-refractivity contribution is 5.67. The summed E-state index contributed by atoms with van der Waals surface area (Å²) in [4.78, 5) is 11.8. The van der Waals surface area contributed by atoms with Crippen LogP contribution >= 0.6 is 0 Å². The zero-order valence-electron chi connectivity index (χ0n) is 15.6. The first kappa shape index (κ1) is 19.8. The minimum Gasteiger partial charge on any atom is -0.465 e. The number of alkyl carbamates (subject to hydrolysis) is 1. The van der Waals surface area contributed by atoms with Crippen LogP contribution in [0.3, 0.4) is 0 Å². The monoisotopic (exact) mass is 357 g/mol. The van der Waals surface area contributed by atoms with Crippen LogP contribution in [0.15, 0.2) is 60.7 Å². The Morgan fingerprint density at radius 3 is 2.23 bits per heavy atom. The number of carbonyl (C=O) groups excluding carboxylic acids is 1. The maximum atomic E-state index is 11.8. The summed E-state index contributed by atoms with van der Waals surface area (Å²) in [5, 5.41) is 2.73. The van der Waals surface area contributed by atoms with Crippen LogP contribution < -0.4 is 10.1 Å². The second-order valence-corrected chi connectivity index (χ2v) is 6.87. The van der Waals surface area contributed by atoms with E-state index in [1.165, 1.54) is 0 Å². The van der Waals surface area contributed by atoms with Crippen LogP contribution in [0.1, 0.15) is 32.8 Å². The van der Waals surface area contributed by atoms with E-state index in [-0.39, 0.29) is 0 Å². The average Bonchev–Trinajstić information content (AvgIpc) is 2.60. The number of rotatable bonds is 8. The van der Waals surface area contributed by atoms with Gasteiger partial charge in [0.1, 0.15) is 11.4 Å². The topological polar surface area (TPSA) is 56.8 Å². The molecule has 0 aliphatic heterocycles. The van der Waals surface area contributed by atoms with Crippen LogP contribution in [0.5, 0.6) is 5.75 Å². The van der Waals surface area contributed by atoms with Crippen LogP contribution in [0.2, 0.25) is 0 Å². The highest BCUT2D eigenvalue weighted by Gasteiger charge is 2.17. The molecule has 1 N–H and O–H groups in total. The molecule has 0 saturated heterocycles. The number of carbonyl (C=O) groups is 1. The molecule has 0 spiro atoms. The molecule has 0 heterocycles. The Morgan fingerprint density at radius 2 is 1.62 bits per heavy atom. The zero-order chi connectivity index (χ0) is 18.8. The van der Waals surface area contributed by atoms with Crippen molar-refractivity contribution in [2.45, 2.75) is 45.7 Å². The number of ether oxygens (including phenoxy) is 3. The maximum absolute atomic E-state index is 11.8. The van der Waals surface area contributed by atoms with Crippen LogP contribution in [-0.2, 0) is 16.1 Å². The lowest BCUT2D eigenvalue weighted by atomic mass is 10.2.